The van der Waals surface area contributed by atoms with Crippen molar-refractivity contribution < 1.29 is 15.3 Å². The molecule has 0 spiro atoms. The SMILES string of the molecule is CCC(C)(C)CC1CC(O)=CC=C1C(C)(C1=CC(O)CC1)C1C=CC(O)=CC1. The van der Waals surface area contributed by atoms with E-state index in [-0.39, 0.29) is 28.8 Å². The highest BCUT2D eigenvalue weighted by atomic mass is 16.3. The van der Waals surface area contributed by atoms with Gasteiger partial charge < -0.3 is 15.3 Å². The van der Waals surface area contributed by atoms with Crippen molar-refractivity contribution in [3.8, 4) is 0 Å². The molecule has 3 nitrogen and oxygen atoms in total. The van der Waals surface area contributed by atoms with E-state index >= 15 is 0 Å². The van der Waals surface area contributed by atoms with Crippen molar-refractivity contribution in [1.29, 1.82) is 0 Å². The van der Waals surface area contributed by atoms with Gasteiger partial charge in [0.05, 0.1) is 11.9 Å². The van der Waals surface area contributed by atoms with E-state index in [2.05, 4.69) is 39.8 Å². The predicted octanol–water partition coefficient (Wildman–Crippen LogP) is 6.31. The van der Waals surface area contributed by atoms with E-state index in [4.69, 9.17) is 0 Å². The zero-order valence-electron chi connectivity index (χ0n) is 17.8. The Labute approximate surface area is 169 Å². The molecule has 0 saturated heterocycles. The lowest BCUT2D eigenvalue weighted by Crippen LogP contribution is -2.36. The summed E-state index contributed by atoms with van der Waals surface area (Å²) in [4.78, 5) is 0. The van der Waals surface area contributed by atoms with E-state index in [9.17, 15) is 15.3 Å². The summed E-state index contributed by atoms with van der Waals surface area (Å²) in [6.07, 6.45) is 16.8. The summed E-state index contributed by atoms with van der Waals surface area (Å²) in [5.41, 5.74) is 2.63. The molecule has 4 atom stereocenters. The fourth-order valence-corrected chi connectivity index (χ4v) is 5.15. The van der Waals surface area contributed by atoms with Crippen LogP contribution in [0.2, 0.25) is 0 Å². The van der Waals surface area contributed by atoms with E-state index < -0.39 is 0 Å². The van der Waals surface area contributed by atoms with Crippen LogP contribution in [0.1, 0.15) is 66.2 Å². The Morgan fingerprint density at radius 2 is 1.89 bits per heavy atom. The van der Waals surface area contributed by atoms with Crippen molar-refractivity contribution in [3.63, 3.8) is 0 Å². The molecule has 0 aromatic heterocycles. The molecule has 3 heteroatoms. The summed E-state index contributed by atoms with van der Waals surface area (Å²) in [6.45, 7) is 9.14. The second-order valence-electron chi connectivity index (χ2n) is 9.73. The van der Waals surface area contributed by atoms with Gasteiger partial charge >= 0.3 is 0 Å². The molecule has 3 N–H and O–H groups in total. The Hall–Kier alpha value is -1.74. The molecule has 3 aliphatic rings. The average molecular weight is 385 g/mol. The second-order valence-corrected chi connectivity index (χ2v) is 9.73. The fraction of sp³-hybridized carbons (Fsp3) is 0.600. The molecule has 28 heavy (non-hydrogen) atoms. The van der Waals surface area contributed by atoms with Gasteiger partial charge in [-0.05, 0) is 61.2 Å². The van der Waals surface area contributed by atoms with Crippen LogP contribution in [0.4, 0.5) is 0 Å². The van der Waals surface area contributed by atoms with Crippen LogP contribution in [0.5, 0.6) is 0 Å². The van der Waals surface area contributed by atoms with Crippen LogP contribution in [-0.2, 0) is 0 Å². The number of aliphatic hydroxyl groups is 3. The number of allylic oxidation sites excluding steroid dienone is 8. The van der Waals surface area contributed by atoms with Gasteiger partial charge in [-0.15, -0.1) is 0 Å². The highest BCUT2D eigenvalue weighted by Gasteiger charge is 2.45. The first-order valence-corrected chi connectivity index (χ1v) is 10.7. The van der Waals surface area contributed by atoms with Gasteiger partial charge in [0.1, 0.15) is 5.76 Å². The molecule has 0 aromatic rings. The molecule has 0 fully saturated rings. The summed E-state index contributed by atoms with van der Waals surface area (Å²) >= 11 is 0. The molecule has 0 bridgehead atoms. The van der Waals surface area contributed by atoms with E-state index in [1.807, 2.05) is 18.2 Å². The molecular formula is C25H36O3. The number of aliphatic hydroxyl groups excluding tert-OH is 3. The van der Waals surface area contributed by atoms with Crippen molar-refractivity contribution in [1.82, 2.24) is 0 Å². The van der Waals surface area contributed by atoms with Crippen LogP contribution in [0.25, 0.3) is 0 Å². The Balaban J connectivity index is 2.05. The molecule has 0 amide bonds. The first-order chi connectivity index (χ1) is 13.2. The molecule has 0 heterocycles. The highest BCUT2D eigenvalue weighted by Crippen LogP contribution is 2.55. The lowest BCUT2D eigenvalue weighted by molar-refractivity contribution is 0.217. The third kappa shape index (κ3) is 4.15. The van der Waals surface area contributed by atoms with E-state index in [0.717, 1.165) is 32.1 Å². The van der Waals surface area contributed by atoms with Crippen LogP contribution < -0.4 is 0 Å². The zero-order valence-corrected chi connectivity index (χ0v) is 17.8. The van der Waals surface area contributed by atoms with Gasteiger partial charge in [0, 0.05) is 11.8 Å². The Morgan fingerprint density at radius 1 is 1.14 bits per heavy atom. The predicted molar refractivity (Wildman–Crippen MR) is 115 cm³/mol. The summed E-state index contributed by atoms with van der Waals surface area (Å²) < 4.78 is 0. The summed E-state index contributed by atoms with van der Waals surface area (Å²) in [5.74, 6) is 1.29. The fourth-order valence-electron chi connectivity index (χ4n) is 5.15. The third-order valence-electron chi connectivity index (χ3n) is 7.30. The van der Waals surface area contributed by atoms with Gasteiger partial charge in [0.2, 0.25) is 0 Å². The Bertz CT molecular complexity index is 750. The van der Waals surface area contributed by atoms with Gasteiger partial charge in [-0.3, -0.25) is 0 Å². The lowest BCUT2D eigenvalue weighted by Gasteiger charge is -2.46. The average Bonchev–Trinajstić information content (AvgIpc) is 3.08. The standard InChI is InChI=1S/C25H36O3/c1-5-24(2,3)16-17-14-21(27)12-13-23(17)25(4,19-8-11-22(28)15-19)18-6-9-20(26)10-7-18/h6,9-10,12-13,15,17-18,22,26-28H,5,7-8,11,14,16H2,1-4H3. The first kappa shape index (κ1) is 21.0. The third-order valence-corrected chi connectivity index (χ3v) is 7.30. The summed E-state index contributed by atoms with van der Waals surface area (Å²) in [6, 6.07) is 0. The highest BCUT2D eigenvalue weighted by molar-refractivity contribution is 5.41. The molecule has 0 radical (unpaired) electrons. The number of rotatable bonds is 6. The van der Waals surface area contributed by atoms with Crippen LogP contribution in [0, 0.1) is 22.7 Å². The quantitative estimate of drug-likeness (QED) is 0.471. The molecule has 3 aliphatic carbocycles. The minimum absolute atomic E-state index is 0.201. The monoisotopic (exact) mass is 384 g/mol. The Morgan fingerprint density at radius 3 is 2.46 bits per heavy atom. The van der Waals surface area contributed by atoms with Crippen molar-refractivity contribution >= 4 is 0 Å². The summed E-state index contributed by atoms with van der Waals surface area (Å²) in [5, 5.41) is 30.4. The van der Waals surface area contributed by atoms with Gasteiger partial charge in [0.15, 0.2) is 0 Å². The van der Waals surface area contributed by atoms with Gasteiger partial charge in [-0.25, -0.2) is 0 Å². The van der Waals surface area contributed by atoms with E-state index in [1.165, 1.54) is 11.1 Å². The number of hydrogen-bond acceptors (Lipinski definition) is 3. The maximum absolute atomic E-state index is 10.3. The second kappa shape index (κ2) is 7.94. The van der Waals surface area contributed by atoms with Gasteiger partial charge in [-0.1, -0.05) is 63.5 Å². The van der Waals surface area contributed by atoms with E-state index in [1.54, 1.807) is 6.08 Å². The molecular weight excluding hydrogens is 348 g/mol. The first-order valence-electron chi connectivity index (χ1n) is 10.7. The molecule has 4 unspecified atom stereocenters. The van der Waals surface area contributed by atoms with Crippen LogP contribution in [0.15, 0.2) is 59.1 Å². The maximum atomic E-state index is 10.3. The summed E-state index contributed by atoms with van der Waals surface area (Å²) in [7, 11) is 0. The minimum Gasteiger partial charge on any atom is -0.512 e. The van der Waals surface area contributed by atoms with Crippen molar-refractivity contribution in [2.45, 2.75) is 72.3 Å². The van der Waals surface area contributed by atoms with Gasteiger partial charge in [0.25, 0.3) is 0 Å². The zero-order chi connectivity index (χ0) is 20.5. The lowest BCUT2D eigenvalue weighted by atomic mass is 9.58. The van der Waals surface area contributed by atoms with Crippen LogP contribution in [0.3, 0.4) is 0 Å². The molecule has 0 aliphatic heterocycles. The molecule has 3 rings (SSSR count). The van der Waals surface area contributed by atoms with E-state index in [0.29, 0.717) is 17.9 Å². The topological polar surface area (TPSA) is 60.7 Å². The molecule has 154 valence electrons. The van der Waals surface area contributed by atoms with Gasteiger partial charge in [-0.2, -0.15) is 0 Å². The van der Waals surface area contributed by atoms with Crippen molar-refractivity contribution in [3.05, 3.63) is 59.1 Å². The Kier molecular flexibility index (Phi) is 5.95. The largest absolute Gasteiger partial charge is 0.512 e. The molecule has 0 saturated carbocycles. The van der Waals surface area contributed by atoms with Crippen LogP contribution in [-0.4, -0.2) is 21.4 Å². The van der Waals surface area contributed by atoms with Crippen molar-refractivity contribution in [2.75, 3.05) is 0 Å². The normalized spacial score (nSPS) is 30.2. The number of hydrogen-bond donors (Lipinski definition) is 3. The molecule has 0 aromatic carbocycles. The smallest absolute Gasteiger partial charge is 0.111 e. The maximum Gasteiger partial charge on any atom is 0.111 e. The van der Waals surface area contributed by atoms with Crippen molar-refractivity contribution in [2.24, 2.45) is 22.7 Å². The van der Waals surface area contributed by atoms with Crippen LogP contribution >= 0.6 is 0 Å². The minimum atomic E-state index is -0.371.